The van der Waals surface area contributed by atoms with Gasteiger partial charge in [0, 0.05) is 30.3 Å². The van der Waals surface area contributed by atoms with Crippen LogP contribution in [0.2, 0.25) is 0 Å². The Bertz CT molecular complexity index is 638. The van der Waals surface area contributed by atoms with Gasteiger partial charge in [-0.05, 0) is 25.1 Å². The third-order valence-corrected chi connectivity index (χ3v) is 3.43. The molecule has 1 aromatic carbocycles. The van der Waals surface area contributed by atoms with Crippen LogP contribution >= 0.6 is 0 Å². The predicted octanol–water partition coefficient (Wildman–Crippen LogP) is 1.83. The topological polar surface area (TPSA) is 93.0 Å². The first kappa shape index (κ1) is 13.4. The highest BCUT2D eigenvalue weighted by atomic mass is 16.6. The lowest BCUT2D eigenvalue weighted by molar-refractivity contribution is -0.384. The van der Waals surface area contributed by atoms with Gasteiger partial charge in [0.15, 0.2) is 0 Å². The van der Waals surface area contributed by atoms with E-state index in [1.807, 2.05) is 12.1 Å². The van der Waals surface area contributed by atoms with E-state index in [1.54, 1.807) is 12.1 Å². The zero-order chi connectivity index (χ0) is 14.7. The van der Waals surface area contributed by atoms with Crippen LogP contribution in [0.25, 0.3) is 11.3 Å². The van der Waals surface area contributed by atoms with Gasteiger partial charge in [-0.3, -0.25) is 10.1 Å². The molecular weight excluding hydrogens is 270 g/mol. The maximum absolute atomic E-state index is 10.8. The summed E-state index contributed by atoms with van der Waals surface area (Å²) in [6, 6.07) is 10.4. The average Bonchev–Trinajstić information content (AvgIpc) is 3.01. The monoisotopic (exact) mass is 285 g/mol. The van der Waals surface area contributed by atoms with Crippen LogP contribution in [0.4, 0.5) is 11.5 Å². The molecule has 21 heavy (non-hydrogen) atoms. The largest absolute Gasteiger partial charge is 0.365 e. The first-order valence-corrected chi connectivity index (χ1v) is 6.78. The van der Waals surface area contributed by atoms with Crippen LogP contribution in [0.5, 0.6) is 0 Å². The SMILES string of the molecule is O=[N+]([O-])c1cccc(-c2ccc(NC3CCNC3)nn2)c1. The van der Waals surface area contributed by atoms with E-state index in [1.165, 1.54) is 12.1 Å². The number of benzene rings is 1. The fourth-order valence-corrected chi connectivity index (χ4v) is 2.33. The highest BCUT2D eigenvalue weighted by Crippen LogP contribution is 2.22. The number of nitro groups is 1. The third-order valence-electron chi connectivity index (χ3n) is 3.43. The number of nitrogens with zero attached hydrogens (tertiary/aromatic N) is 3. The number of hydrogen-bond donors (Lipinski definition) is 2. The molecule has 0 bridgehead atoms. The van der Waals surface area contributed by atoms with Crippen LogP contribution in [0.3, 0.4) is 0 Å². The van der Waals surface area contributed by atoms with Gasteiger partial charge in [-0.15, -0.1) is 10.2 Å². The normalized spacial score (nSPS) is 17.6. The molecule has 1 aromatic heterocycles. The Kier molecular flexibility index (Phi) is 3.74. The van der Waals surface area contributed by atoms with E-state index in [4.69, 9.17) is 0 Å². The van der Waals surface area contributed by atoms with Crippen molar-refractivity contribution in [1.82, 2.24) is 15.5 Å². The Labute approximate surface area is 121 Å². The highest BCUT2D eigenvalue weighted by Gasteiger charge is 2.14. The Morgan fingerprint density at radius 2 is 2.19 bits per heavy atom. The first-order chi connectivity index (χ1) is 10.2. The van der Waals surface area contributed by atoms with E-state index in [0.29, 0.717) is 17.3 Å². The summed E-state index contributed by atoms with van der Waals surface area (Å²) >= 11 is 0. The second kappa shape index (κ2) is 5.84. The molecule has 1 saturated heterocycles. The lowest BCUT2D eigenvalue weighted by Gasteiger charge is -2.11. The number of anilines is 1. The third kappa shape index (κ3) is 3.14. The van der Waals surface area contributed by atoms with E-state index >= 15 is 0 Å². The van der Waals surface area contributed by atoms with Gasteiger partial charge in [-0.2, -0.15) is 0 Å². The lowest BCUT2D eigenvalue weighted by atomic mass is 10.1. The fourth-order valence-electron chi connectivity index (χ4n) is 2.33. The molecular formula is C14H15N5O2. The van der Waals surface area contributed by atoms with Crippen molar-refractivity contribution in [1.29, 1.82) is 0 Å². The molecule has 7 nitrogen and oxygen atoms in total. The minimum Gasteiger partial charge on any atom is -0.365 e. The van der Waals surface area contributed by atoms with E-state index in [0.717, 1.165) is 25.3 Å². The lowest BCUT2D eigenvalue weighted by Crippen LogP contribution is -2.22. The van der Waals surface area contributed by atoms with Crippen molar-refractivity contribution in [2.45, 2.75) is 12.5 Å². The molecule has 2 aromatic rings. The number of hydrogen-bond acceptors (Lipinski definition) is 6. The van der Waals surface area contributed by atoms with Crippen molar-refractivity contribution in [3.8, 4) is 11.3 Å². The highest BCUT2D eigenvalue weighted by molar-refractivity contribution is 5.62. The molecule has 3 rings (SSSR count). The molecule has 0 aliphatic carbocycles. The smallest absolute Gasteiger partial charge is 0.270 e. The van der Waals surface area contributed by atoms with Crippen LogP contribution in [-0.4, -0.2) is 34.3 Å². The average molecular weight is 285 g/mol. The standard InChI is InChI=1S/C14H15N5O2/c20-19(21)12-3-1-2-10(8-12)13-4-5-14(18-17-13)16-11-6-7-15-9-11/h1-5,8,11,15H,6-7,9H2,(H,16,18). The molecule has 1 aliphatic rings. The number of non-ortho nitro benzene ring substituents is 1. The van der Waals surface area contributed by atoms with Gasteiger partial charge in [-0.25, -0.2) is 0 Å². The quantitative estimate of drug-likeness (QED) is 0.657. The predicted molar refractivity (Wildman–Crippen MR) is 79.0 cm³/mol. The van der Waals surface area contributed by atoms with Gasteiger partial charge in [-0.1, -0.05) is 12.1 Å². The molecule has 108 valence electrons. The van der Waals surface area contributed by atoms with Crippen molar-refractivity contribution < 1.29 is 4.92 Å². The van der Waals surface area contributed by atoms with Gasteiger partial charge >= 0.3 is 0 Å². The maximum atomic E-state index is 10.8. The van der Waals surface area contributed by atoms with Gasteiger partial charge in [0.2, 0.25) is 0 Å². The van der Waals surface area contributed by atoms with E-state index < -0.39 is 4.92 Å². The summed E-state index contributed by atoms with van der Waals surface area (Å²) < 4.78 is 0. The van der Waals surface area contributed by atoms with Crippen molar-refractivity contribution in [3.63, 3.8) is 0 Å². The molecule has 0 saturated carbocycles. The molecule has 7 heteroatoms. The maximum Gasteiger partial charge on any atom is 0.270 e. The summed E-state index contributed by atoms with van der Waals surface area (Å²) in [5.41, 5.74) is 1.35. The van der Waals surface area contributed by atoms with Crippen molar-refractivity contribution in [3.05, 3.63) is 46.5 Å². The van der Waals surface area contributed by atoms with Gasteiger partial charge in [0.1, 0.15) is 5.82 Å². The summed E-state index contributed by atoms with van der Waals surface area (Å²) in [5.74, 6) is 0.720. The number of nitrogens with one attached hydrogen (secondary N) is 2. The van der Waals surface area contributed by atoms with Crippen LogP contribution in [0.1, 0.15) is 6.42 Å². The van der Waals surface area contributed by atoms with E-state index in [9.17, 15) is 10.1 Å². The summed E-state index contributed by atoms with van der Waals surface area (Å²) in [5, 5.41) is 25.6. The minimum absolute atomic E-state index is 0.0496. The Balaban J connectivity index is 1.77. The molecule has 0 amide bonds. The zero-order valence-corrected chi connectivity index (χ0v) is 11.3. The second-order valence-electron chi connectivity index (χ2n) is 4.95. The van der Waals surface area contributed by atoms with Crippen LogP contribution in [0.15, 0.2) is 36.4 Å². The van der Waals surface area contributed by atoms with Gasteiger partial charge in [0.25, 0.3) is 5.69 Å². The summed E-state index contributed by atoms with van der Waals surface area (Å²) in [6.45, 7) is 1.94. The van der Waals surface area contributed by atoms with Gasteiger partial charge in [0.05, 0.1) is 10.6 Å². The Hall–Kier alpha value is -2.54. The first-order valence-electron chi connectivity index (χ1n) is 6.78. The minimum atomic E-state index is -0.417. The second-order valence-corrected chi connectivity index (χ2v) is 4.95. The van der Waals surface area contributed by atoms with Crippen LogP contribution in [0, 0.1) is 10.1 Å². The fraction of sp³-hybridized carbons (Fsp3) is 0.286. The van der Waals surface area contributed by atoms with Crippen molar-refractivity contribution in [2.75, 3.05) is 18.4 Å². The van der Waals surface area contributed by atoms with Crippen molar-refractivity contribution in [2.24, 2.45) is 0 Å². The molecule has 1 fully saturated rings. The molecule has 1 unspecified atom stereocenters. The van der Waals surface area contributed by atoms with Crippen molar-refractivity contribution >= 4 is 11.5 Å². The number of aromatic nitrogens is 2. The van der Waals surface area contributed by atoms with E-state index in [2.05, 4.69) is 20.8 Å². The summed E-state index contributed by atoms with van der Waals surface area (Å²) in [7, 11) is 0. The molecule has 1 aliphatic heterocycles. The molecule has 2 N–H and O–H groups in total. The van der Waals surface area contributed by atoms with Crippen LogP contribution in [-0.2, 0) is 0 Å². The summed E-state index contributed by atoms with van der Waals surface area (Å²) in [6.07, 6.45) is 1.06. The van der Waals surface area contributed by atoms with Gasteiger partial charge < -0.3 is 10.6 Å². The number of rotatable bonds is 4. The zero-order valence-electron chi connectivity index (χ0n) is 11.3. The number of nitro benzene ring substituents is 1. The van der Waals surface area contributed by atoms with Crippen LogP contribution < -0.4 is 10.6 Å². The molecule has 0 radical (unpaired) electrons. The Morgan fingerprint density at radius 1 is 1.29 bits per heavy atom. The molecule has 2 heterocycles. The summed E-state index contributed by atoms with van der Waals surface area (Å²) in [4.78, 5) is 10.4. The Morgan fingerprint density at radius 3 is 2.86 bits per heavy atom. The molecule has 0 spiro atoms. The van der Waals surface area contributed by atoms with E-state index in [-0.39, 0.29) is 5.69 Å². The molecule has 1 atom stereocenters.